The van der Waals surface area contributed by atoms with Gasteiger partial charge in [-0.3, -0.25) is 5.10 Å². The molecule has 0 bridgehead atoms. The maximum Gasteiger partial charge on any atom is 0.320 e. The van der Waals surface area contributed by atoms with Crippen molar-refractivity contribution < 1.29 is 4.74 Å². The Morgan fingerprint density at radius 2 is 2.29 bits per heavy atom. The summed E-state index contributed by atoms with van der Waals surface area (Å²) in [5.74, 6) is 1.44. The molecule has 148 valence electrons. The van der Waals surface area contributed by atoms with Gasteiger partial charge < -0.3 is 4.74 Å². The van der Waals surface area contributed by atoms with E-state index < -0.39 is 0 Å². The number of aromatic nitrogens is 6. The zero-order chi connectivity index (χ0) is 19.8. The number of rotatable bonds is 6. The van der Waals surface area contributed by atoms with Gasteiger partial charge in [-0.1, -0.05) is 24.6 Å². The minimum atomic E-state index is 0.522. The fourth-order valence-electron chi connectivity index (χ4n) is 4.10. The highest BCUT2D eigenvalue weighted by molar-refractivity contribution is 7.71. The molecule has 0 saturated carbocycles. The number of nitrogens with zero attached hydrogens (tertiary/aromatic N) is 5. The Hall–Kier alpha value is -2.48. The van der Waals surface area contributed by atoms with Gasteiger partial charge in [0.25, 0.3) is 0 Å². The molecular formula is C20H26N6OS. The standard InChI is InChI=1S/C20H26N6OS/c1-5-27-19-24-25(10-12(2)3)20(28)26(19)16-9-14-7-6-13(4)8-15(14)17(16)18-21-11-22-23-18/h11,13H,2,5-10H2,1,3-4H3,(H,21,22,23). The smallest absolute Gasteiger partial charge is 0.320 e. The first-order valence-electron chi connectivity index (χ1n) is 9.77. The summed E-state index contributed by atoms with van der Waals surface area (Å²) in [4.78, 5) is 4.46. The van der Waals surface area contributed by atoms with Crippen LogP contribution in [-0.2, 0) is 6.54 Å². The first-order chi connectivity index (χ1) is 13.5. The molecule has 2 aromatic rings. The second-order valence-electron chi connectivity index (χ2n) is 7.71. The molecule has 2 heterocycles. The summed E-state index contributed by atoms with van der Waals surface area (Å²) in [6.07, 6.45) is 5.76. The first-order valence-corrected chi connectivity index (χ1v) is 10.2. The molecule has 1 unspecified atom stereocenters. The van der Waals surface area contributed by atoms with E-state index in [1.54, 1.807) is 11.0 Å². The van der Waals surface area contributed by atoms with Crippen LogP contribution < -0.4 is 4.74 Å². The third-order valence-electron chi connectivity index (χ3n) is 5.31. The van der Waals surface area contributed by atoms with E-state index in [-0.39, 0.29) is 0 Å². The number of nitrogens with one attached hydrogen (secondary N) is 1. The van der Waals surface area contributed by atoms with E-state index in [0.717, 1.165) is 41.9 Å². The molecule has 1 atom stereocenters. The van der Waals surface area contributed by atoms with Crippen LogP contribution in [0.25, 0.3) is 11.3 Å². The average Bonchev–Trinajstić information content (AvgIpc) is 3.33. The molecule has 0 fully saturated rings. The Morgan fingerprint density at radius 3 is 2.96 bits per heavy atom. The summed E-state index contributed by atoms with van der Waals surface area (Å²) >= 11 is 5.80. The Kier molecular flexibility index (Phi) is 5.05. The molecule has 2 aliphatic carbocycles. The molecule has 0 aliphatic heterocycles. The molecule has 28 heavy (non-hydrogen) atoms. The van der Waals surface area contributed by atoms with Crippen LogP contribution in [0.2, 0.25) is 0 Å². The minimum absolute atomic E-state index is 0.522. The summed E-state index contributed by atoms with van der Waals surface area (Å²) in [5, 5.41) is 11.8. The summed E-state index contributed by atoms with van der Waals surface area (Å²) in [6.45, 7) is 11.3. The van der Waals surface area contributed by atoms with Crippen molar-refractivity contribution in [3.63, 3.8) is 0 Å². The highest BCUT2D eigenvalue weighted by Crippen LogP contribution is 2.48. The van der Waals surface area contributed by atoms with Crippen molar-refractivity contribution in [2.45, 2.75) is 53.0 Å². The van der Waals surface area contributed by atoms with Crippen LogP contribution in [0.3, 0.4) is 0 Å². The Bertz CT molecular complexity index is 1020. The Morgan fingerprint density at radius 1 is 1.46 bits per heavy atom. The molecule has 0 saturated heterocycles. The molecule has 7 nitrogen and oxygen atoms in total. The summed E-state index contributed by atoms with van der Waals surface area (Å²) in [7, 11) is 0. The van der Waals surface area contributed by atoms with E-state index in [4.69, 9.17) is 17.0 Å². The van der Waals surface area contributed by atoms with Gasteiger partial charge in [-0.25, -0.2) is 14.2 Å². The maximum atomic E-state index is 5.87. The number of allylic oxidation sites excluding steroid dienone is 5. The van der Waals surface area contributed by atoms with Crippen molar-refractivity contribution in [2.75, 3.05) is 6.61 Å². The maximum absolute atomic E-state index is 5.87. The lowest BCUT2D eigenvalue weighted by molar-refractivity contribution is 0.304. The molecule has 0 radical (unpaired) electrons. The number of ether oxygens (including phenoxy) is 1. The Labute approximate surface area is 169 Å². The molecule has 0 spiro atoms. The van der Waals surface area contributed by atoms with Gasteiger partial charge in [0.05, 0.1) is 13.2 Å². The zero-order valence-corrected chi connectivity index (χ0v) is 17.5. The van der Waals surface area contributed by atoms with Crippen LogP contribution in [0.1, 0.15) is 52.3 Å². The second-order valence-corrected chi connectivity index (χ2v) is 8.08. The molecule has 0 aromatic carbocycles. The van der Waals surface area contributed by atoms with Gasteiger partial charge in [0, 0.05) is 17.7 Å². The lowest BCUT2D eigenvalue weighted by atomic mass is 9.84. The molecular weight excluding hydrogens is 372 g/mol. The van der Waals surface area contributed by atoms with Gasteiger partial charge in [0.15, 0.2) is 5.82 Å². The van der Waals surface area contributed by atoms with Crippen molar-refractivity contribution in [1.82, 2.24) is 29.5 Å². The topological polar surface area (TPSA) is 73.6 Å². The number of aromatic amines is 1. The highest BCUT2D eigenvalue weighted by atomic mass is 32.1. The van der Waals surface area contributed by atoms with Crippen LogP contribution >= 0.6 is 12.2 Å². The predicted octanol–water partition coefficient (Wildman–Crippen LogP) is 4.40. The van der Waals surface area contributed by atoms with Gasteiger partial charge in [0.1, 0.15) is 6.33 Å². The lowest BCUT2D eigenvalue weighted by Crippen LogP contribution is -2.07. The van der Waals surface area contributed by atoms with E-state index in [2.05, 4.69) is 33.8 Å². The zero-order valence-electron chi connectivity index (χ0n) is 16.7. The van der Waals surface area contributed by atoms with Crippen molar-refractivity contribution in [1.29, 1.82) is 0 Å². The van der Waals surface area contributed by atoms with E-state index in [1.807, 2.05) is 18.4 Å². The van der Waals surface area contributed by atoms with Crippen LogP contribution in [-0.4, -0.2) is 36.1 Å². The van der Waals surface area contributed by atoms with Crippen molar-refractivity contribution in [3.05, 3.63) is 40.2 Å². The van der Waals surface area contributed by atoms with Crippen LogP contribution in [0.5, 0.6) is 6.01 Å². The first kappa shape index (κ1) is 18.9. The van der Waals surface area contributed by atoms with Crippen molar-refractivity contribution in [2.24, 2.45) is 5.92 Å². The predicted molar refractivity (Wildman–Crippen MR) is 111 cm³/mol. The third-order valence-corrected chi connectivity index (χ3v) is 5.71. The molecule has 2 aliphatic rings. The van der Waals surface area contributed by atoms with Gasteiger partial charge in [-0.15, -0.1) is 5.10 Å². The summed E-state index contributed by atoms with van der Waals surface area (Å²) < 4.78 is 10.2. The number of H-pyrrole nitrogens is 1. The van der Waals surface area contributed by atoms with Crippen molar-refractivity contribution >= 4 is 23.5 Å². The number of hydrogen-bond acceptors (Lipinski definition) is 5. The van der Waals surface area contributed by atoms with E-state index in [0.29, 0.717) is 29.9 Å². The van der Waals surface area contributed by atoms with E-state index >= 15 is 0 Å². The lowest BCUT2D eigenvalue weighted by Gasteiger charge is -2.21. The number of hydrogen-bond donors (Lipinski definition) is 1. The SMILES string of the molecule is C=C(C)Cn1nc(OCC)n(C2=C(c3ncn[nH]3)C3=C(CCC(C)C3)C2)c1=S. The summed E-state index contributed by atoms with van der Waals surface area (Å²) in [6, 6.07) is 0.522. The monoisotopic (exact) mass is 398 g/mol. The normalized spacial score (nSPS) is 19.3. The largest absolute Gasteiger partial charge is 0.464 e. The average molecular weight is 399 g/mol. The van der Waals surface area contributed by atoms with Gasteiger partial charge in [-0.2, -0.15) is 5.10 Å². The van der Waals surface area contributed by atoms with Gasteiger partial charge >= 0.3 is 6.01 Å². The molecule has 0 amide bonds. The fraction of sp³-hybridized carbons (Fsp3) is 0.500. The van der Waals surface area contributed by atoms with E-state index in [1.165, 1.54) is 17.6 Å². The van der Waals surface area contributed by atoms with Crippen LogP contribution in [0.15, 0.2) is 29.6 Å². The molecule has 2 aromatic heterocycles. The van der Waals surface area contributed by atoms with Crippen LogP contribution in [0, 0.1) is 10.7 Å². The Balaban J connectivity index is 1.90. The van der Waals surface area contributed by atoms with Crippen LogP contribution in [0.4, 0.5) is 0 Å². The fourth-order valence-corrected chi connectivity index (χ4v) is 4.40. The van der Waals surface area contributed by atoms with Gasteiger partial charge in [0.2, 0.25) is 4.77 Å². The molecule has 8 heteroatoms. The minimum Gasteiger partial charge on any atom is -0.464 e. The second kappa shape index (κ2) is 7.50. The highest BCUT2D eigenvalue weighted by Gasteiger charge is 2.33. The third kappa shape index (κ3) is 3.26. The summed E-state index contributed by atoms with van der Waals surface area (Å²) in [5.41, 5.74) is 6.02. The molecule has 1 N–H and O–H groups in total. The molecule has 4 rings (SSSR count). The quantitative estimate of drug-likeness (QED) is 0.577. The van der Waals surface area contributed by atoms with Gasteiger partial charge in [-0.05, 0) is 56.8 Å². The van der Waals surface area contributed by atoms with Crippen molar-refractivity contribution in [3.8, 4) is 6.01 Å². The van der Waals surface area contributed by atoms with E-state index in [9.17, 15) is 0 Å².